The van der Waals surface area contributed by atoms with Crippen molar-refractivity contribution in [3.63, 3.8) is 0 Å². The summed E-state index contributed by atoms with van der Waals surface area (Å²) in [7, 11) is 0. The molecular formula is C15H23F2N. The van der Waals surface area contributed by atoms with Crippen molar-refractivity contribution < 1.29 is 8.78 Å². The number of nitrogens with one attached hydrogen (secondary N) is 1. The van der Waals surface area contributed by atoms with E-state index in [0.717, 1.165) is 18.9 Å². The zero-order valence-corrected chi connectivity index (χ0v) is 11.6. The average Bonchev–Trinajstić information content (AvgIpc) is 2.32. The Morgan fingerprint density at radius 1 is 1.17 bits per heavy atom. The van der Waals surface area contributed by atoms with Gasteiger partial charge >= 0.3 is 0 Å². The molecule has 0 saturated heterocycles. The minimum Gasteiger partial charge on any atom is -0.308 e. The van der Waals surface area contributed by atoms with Gasteiger partial charge in [0.2, 0.25) is 0 Å². The molecule has 0 saturated carbocycles. The van der Waals surface area contributed by atoms with Gasteiger partial charge in [0, 0.05) is 17.6 Å². The van der Waals surface area contributed by atoms with Crippen molar-refractivity contribution in [1.29, 1.82) is 0 Å². The number of hydrogen-bond donors (Lipinski definition) is 1. The van der Waals surface area contributed by atoms with Crippen LogP contribution in [-0.2, 0) is 0 Å². The standard InChI is InChI=1S/C15H23F2N/c1-5-10(2)9-11(3)18-12(4)13-7-6-8-14(16)15(13)17/h6-8,10-12,18H,5,9H2,1-4H3. The Balaban J connectivity index is 2.65. The van der Waals surface area contributed by atoms with Crippen LogP contribution in [0.15, 0.2) is 18.2 Å². The first-order valence-corrected chi connectivity index (χ1v) is 6.65. The van der Waals surface area contributed by atoms with Gasteiger partial charge in [-0.15, -0.1) is 0 Å². The van der Waals surface area contributed by atoms with Crippen LogP contribution in [0.5, 0.6) is 0 Å². The maximum atomic E-state index is 13.6. The Morgan fingerprint density at radius 2 is 1.83 bits per heavy atom. The van der Waals surface area contributed by atoms with Crippen LogP contribution in [0.4, 0.5) is 8.78 Å². The molecule has 3 unspecified atom stereocenters. The molecular weight excluding hydrogens is 232 g/mol. The third-order valence-electron chi connectivity index (χ3n) is 3.44. The molecule has 0 aliphatic rings. The largest absolute Gasteiger partial charge is 0.308 e. The number of rotatable bonds is 6. The van der Waals surface area contributed by atoms with Crippen LogP contribution in [0.3, 0.4) is 0 Å². The highest BCUT2D eigenvalue weighted by Gasteiger charge is 2.16. The fourth-order valence-corrected chi connectivity index (χ4v) is 2.21. The van der Waals surface area contributed by atoms with Gasteiger partial charge in [-0.3, -0.25) is 0 Å². The maximum Gasteiger partial charge on any atom is 0.163 e. The highest BCUT2D eigenvalue weighted by atomic mass is 19.2. The van der Waals surface area contributed by atoms with Gasteiger partial charge in [0.15, 0.2) is 11.6 Å². The topological polar surface area (TPSA) is 12.0 Å². The normalized spacial score (nSPS) is 16.3. The second-order valence-corrected chi connectivity index (χ2v) is 5.18. The molecule has 0 spiro atoms. The maximum absolute atomic E-state index is 13.6. The highest BCUT2D eigenvalue weighted by Crippen LogP contribution is 2.20. The van der Waals surface area contributed by atoms with E-state index in [1.54, 1.807) is 12.1 Å². The minimum atomic E-state index is -0.782. The molecule has 0 amide bonds. The summed E-state index contributed by atoms with van der Waals surface area (Å²) in [4.78, 5) is 0. The zero-order chi connectivity index (χ0) is 13.7. The van der Waals surface area contributed by atoms with Crippen LogP contribution in [0, 0.1) is 17.6 Å². The van der Waals surface area contributed by atoms with E-state index in [-0.39, 0.29) is 12.1 Å². The van der Waals surface area contributed by atoms with E-state index in [1.165, 1.54) is 0 Å². The summed E-state index contributed by atoms with van der Waals surface area (Å²) in [5.41, 5.74) is 0.394. The van der Waals surface area contributed by atoms with E-state index in [2.05, 4.69) is 26.1 Å². The van der Waals surface area contributed by atoms with Crippen molar-refractivity contribution >= 4 is 0 Å². The fraction of sp³-hybridized carbons (Fsp3) is 0.600. The Hall–Kier alpha value is -0.960. The van der Waals surface area contributed by atoms with Gasteiger partial charge in [-0.2, -0.15) is 0 Å². The molecule has 18 heavy (non-hydrogen) atoms. The lowest BCUT2D eigenvalue weighted by Gasteiger charge is -2.23. The third-order valence-corrected chi connectivity index (χ3v) is 3.44. The Bertz CT molecular complexity index is 379. The van der Waals surface area contributed by atoms with Crippen LogP contribution in [-0.4, -0.2) is 6.04 Å². The van der Waals surface area contributed by atoms with Crippen LogP contribution in [0.25, 0.3) is 0 Å². The summed E-state index contributed by atoms with van der Waals surface area (Å²) >= 11 is 0. The first-order valence-electron chi connectivity index (χ1n) is 6.65. The van der Waals surface area contributed by atoms with Gasteiger partial charge in [0.05, 0.1) is 0 Å². The molecule has 0 heterocycles. The van der Waals surface area contributed by atoms with Gasteiger partial charge in [0.1, 0.15) is 0 Å². The summed E-state index contributed by atoms with van der Waals surface area (Å²) in [6.07, 6.45) is 2.17. The van der Waals surface area contributed by atoms with Crippen LogP contribution < -0.4 is 5.32 Å². The molecule has 3 atom stereocenters. The molecule has 0 radical (unpaired) electrons. The Kier molecular flexibility index (Phi) is 5.73. The lowest BCUT2D eigenvalue weighted by molar-refractivity contribution is 0.377. The Labute approximate surface area is 109 Å². The molecule has 1 N–H and O–H groups in total. The summed E-state index contributed by atoms with van der Waals surface area (Å²) < 4.78 is 26.8. The first-order chi connectivity index (χ1) is 8.45. The molecule has 0 fully saturated rings. The van der Waals surface area contributed by atoms with Crippen molar-refractivity contribution in [3.8, 4) is 0 Å². The smallest absolute Gasteiger partial charge is 0.163 e. The minimum absolute atomic E-state index is 0.181. The summed E-state index contributed by atoms with van der Waals surface area (Å²) in [6, 6.07) is 4.43. The van der Waals surface area contributed by atoms with Crippen molar-refractivity contribution in [1.82, 2.24) is 5.32 Å². The highest BCUT2D eigenvalue weighted by molar-refractivity contribution is 5.22. The van der Waals surface area contributed by atoms with E-state index in [1.807, 2.05) is 6.92 Å². The van der Waals surface area contributed by atoms with Gasteiger partial charge in [0.25, 0.3) is 0 Å². The third kappa shape index (κ3) is 4.05. The summed E-state index contributed by atoms with van der Waals surface area (Å²) in [5.74, 6) is -0.888. The second-order valence-electron chi connectivity index (χ2n) is 5.18. The molecule has 3 heteroatoms. The van der Waals surface area contributed by atoms with Crippen molar-refractivity contribution in [2.24, 2.45) is 5.92 Å². The van der Waals surface area contributed by atoms with E-state index in [0.29, 0.717) is 11.5 Å². The van der Waals surface area contributed by atoms with Crippen molar-refractivity contribution in [2.75, 3.05) is 0 Å². The van der Waals surface area contributed by atoms with Gasteiger partial charge < -0.3 is 5.32 Å². The van der Waals surface area contributed by atoms with Crippen molar-refractivity contribution in [3.05, 3.63) is 35.4 Å². The zero-order valence-electron chi connectivity index (χ0n) is 11.6. The van der Waals surface area contributed by atoms with Gasteiger partial charge in [-0.1, -0.05) is 32.4 Å². The monoisotopic (exact) mass is 255 g/mol. The number of halogens is 2. The van der Waals surface area contributed by atoms with Crippen LogP contribution >= 0.6 is 0 Å². The van der Waals surface area contributed by atoms with E-state index in [9.17, 15) is 8.78 Å². The second kappa shape index (κ2) is 6.83. The van der Waals surface area contributed by atoms with Crippen LogP contribution in [0.1, 0.15) is 52.1 Å². The molecule has 102 valence electrons. The lowest BCUT2D eigenvalue weighted by atomic mass is 9.99. The molecule has 1 rings (SSSR count). The number of hydrogen-bond acceptors (Lipinski definition) is 1. The molecule has 0 bridgehead atoms. The van der Waals surface area contributed by atoms with Gasteiger partial charge in [-0.25, -0.2) is 8.78 Å². The molecule has 0 aliphatic heterocycles. The first kappa shape index (κ1) is 15.1. The number of benzene rings is 1. The van der Waals surface area contributed by atoms with E-state index < -0.39 is 11.6 Å². The SMILES string of the molecule is CCC(C)CC(C)NC(C)c1cccc(F)c1F. The molecule has 1 aromatic carbocycles. The Morgan fingerprint density at radius 3 is 2.44 bits per heavy atom. The predicted molar refractivity (Wildman–Crippen MR) is 71.4 cm³/mol. The lowest BCUT2D eigenvalue weighted by Crippen LogP contribution is -2.31. The van der Waals surface area contributed by atoms with E-state index >= 15 is 0 Å². The van der Waals surface area contributed by atoms with Crippen LogP contribution in [0.2, 0.25) is 0 Å². The average molecular weight is 255 g/mol. The fourth-order valence-electron chi connectivity index (χ4n) is 2.21. The quantitative estimate of drug-likeness (QED) is 0.792. The molecule has 1 nitrogen and oxygen atoms in total. The molecule has 0 aliphatic carbocycles. The molecule has 0 aromatic heterocycles. The predicted octanol–water partition coefficient (Wildman–Crippen LogP) is 4.44. The van der Waals surface area contributed by atoms with Crippen molar-refractivity contribution in [2.45, 2.75) is 52.6 Å². The van der Waals surface area contributed by atoms with Gasteiger partial charge in [-0.05, 0) is 32.3 Å². The summed E-state index contributed by atoms with van der Waals surface area (Å²) in [5, 5.41) is 3.32. The van der Waals surface area contributed by atoms with E-state index in [4.69, 9.17) is 0 Å². The summed E-state index contributed by atoms with van der Waals surface area (Å²) in [6.45, 7) is 8.31. The molecule has 1 aromatic rings.